The minimum absolute atomic E-state index is 0.350. The summed E-state index contributed by atoms with van der Waals surface area (Å²) in [4.78, 5) is 3.90. The summed E-state index contributed by atoms with van der Waals surface area (Å²) < 4.78 is 0. The van der Waals surface area contributed by atoms with E-state index < -0.39 is 0 Å². The maximum atomic E-state index is 5.78. The van der Waals surface area contributed by atoms with Crippen molar-refractivity contribution in [3.8, 4) is 0 Å². The third kappa shape index (κ3) is 3.40. The lowest BCUT2D eigenvalue weighted by atomic mass is 10.2. The van der Waals surface area contributed by atoms with Gasteiger partial charge in [-0.05, 0) is 29.8 Å². The van der Waals surface area contributed by atoms with E-state index in [2.05, 4.69) is 15.2 Å². The molecule has 18 heavy (non-hydrogen) atoms. The van der Waals surface area contributed by atoms with E-state index in [1.54, 1.807) is 42.9 Å². The molecule has 0 unspecified atom stereocenters. The van der Waals surface area contributed by atoms with Gasteiger partial charge in [-0.15, -0.1) is 5.10 Å². The SMILES string of the molecule is N/C(=N\N=C\c1ccc(Cl)cc1)c1ccncc1. The van der Waals surface area contributed by atoms with E-state index in [0.717, 1.165) is 11.1 Å². The van der Waals surface area contributed by atoms with Crippen LogP contribution in [0, 0.1) is 0 Å². The second-order valence-electron chi connectivity index (χ2n) is 3.52. The number of benzene rings is 1. The summed E-state index contributed by atoms with van der Waals surface area (Å²) in [6.07, 6.45) is 4.92. The molecule has 2 rings (SSSR count). The van der Waals surface area contributed by atoms with Crippen molar-refractivity contribution in [2.75, 3.05) is 0 Å². The fourth-order valence-corrected chi connectivity index (χ4v) is 1.41. The summed E-state index contributed by atoms with van der Waals surface area (Å²) in [5.74, 6) is 0.350. The van der Waals surface area contributed by atoms with Gasteiger partial charge in [0.25, 0.3) is 0 Å². The molecule has 0 aliphatic heterocycles. The Labute approximate surface area is 110 Å². The highest BCUT2D eigenvalue weighted by atomic mass is 35.5. The topological polar surface area (TPSA) is 63.6 Å². The Kier molecular flexibility index (Phi) is 4.04. The Morgan fingerprint density at radius 3 is 2.44 bits per heavy atom. The van der Waals surface area contributed by atoms with E-state index in [4.69, 9.17) is 17.3 Å². The number of nitrogens with zero attached hydrogens (tertiary/aromatic N) is 3. The van der Waals surface area contributed by atoms with Crippen LogP contribution in [0.5, 0.6) is 0 Å². The van der Waals surface area contributed by atoms with Gasteiger partial charge < -0.3 is 5.73 Å². The second-order valence-corrected chi connectivity index (χ2v) is 3.95. The maximum absolute atomic E-state index is 5.78. The first kappa shape index (κ1) is 12.3. The fraction of sp³-hybridized carbons (Fsp3) is 0. The normalized spacial score (nSPS) is 11.9. The Hall–Kier alpha value is -2.20. The molecule has 0 amide bonds. The molecule has 0 saturated carbocycles. The van der Waals surface area contributed by atoms with Crippen LogP contribution in [0.15, 0.2) is 59.0 Å². The van der Waals surface area contributed by atoms with E-state index >= 15 is 0 Å². The number of hydrogen-bond donors (Lipinski definition) is 1. The molecule has 2 aromatic rings. The number of amidine groups is 1. The lowest BCUT2D eigenvalue weighted by molar-refractivity contribution is 1.22. The molecule has 0 fully saturated rings. The molecule has 0 atom stereocenters. The first-order chi connectivity index (χ1) is 8.75. The number of hydrogen-bond acceptors (Lipinski definition) is 3. The van der Waals surface area contributed by atoms with E-state index in [-0.39, 0.29) is 0 Å². The molecule has 0 saturated heterocycles. The molecule has 0 spiro atoms. The minimum Gasteiger partial charge on any atom is -0.382 e. The average molecular weight is 259 g/mol. The summed E-state index contributed by atoms with van der Waals surface area (Å²) in [6.45, 7) is 0. The predicted molar refractivity (Wildman–Crippen MR) is 74.0 cm³/mol. The van der Waals surface area contributed by atoms with Crippen LogP contribution >= 0.6 is 11.6 Å². The van der Waals surface area contributed by atoms with Crippen LogP contribution in [0.3, 0.4) is 0 Å². The lowest BCUT2D eigenvalue weighted by Crippen LogP contribution is -2.12. The van der Waals surface area contributed by atoms with Gasteiger partial charge in [0.2, 0.25) is 0 Å². The van der Waals surface area contributed by atoms with E-state index in [1.807, 2.05) is 12.1 Å². The lowest BCUT2D eigenvalue weighted by Gasteiger charge is -1.96. The van der Waals surface area contributed by atoms with E-state index in [0.29, 0.717) is 10.9 Å². The Balaban J connectivity index is 2.08. The third-order valence-corrected chi connectivity index (χ3v) is 2.47. The van der Waals surface area contributed by atoms with Crippen LogP contribution < -0.4 is 5.73 Å². The zero-order valence-electron chi connectivity index (χ0n) is 9.49. The molecular weight excluding hydrogens is 248 g/mol. The average Bonchev–Trinajstić information content (AvgIpc) is 2.42. The standard InChI is InChI=1S/C13H11ClN4/c14-12-3-1-10(2-4-12)9-17-18-13(15)11-5-7-16-8-6-11/h1-9H,(H2,15,18)/b17-9+. The molecular formula is C13H11ClN4. The highest BCUT2D eigenvalue weighted by molar-refractivity contribution is 6.30. The number of rotatable bonds is 3. The van der Waals surface area contributed by atoms with Crippen LogP contribution in [-0.4, -0.2) is 17.0 Å². The summed E-state index contributed by atoms with van der Waals surface area (Å²) >= 11 is 5.78. The van der Waals surface area contributed by atoms with Crippen molar-refractivity contribution in [1.82, 2.24) is 4.98 Å². The summed E-state index contributed by atoms with van der Waals surface area (Å²) in [5, 5.41) is 8.52. The predicted octanol–water partition coefficient (Wildman–Crippen LogP) is 2.47. The first-order valence-electron chi connectivity index (χ1n) is 5.28. The van der Waals surface area contributed by atoms with Crippen molar-refractivity contribution in [1.29, 1.82) is 0 Å². The van der Waals surface area contributed by atoms with Crippen molar-refractivity contribution in [2.24, 2.45) is 15.9 Å². The van der Waals surface area contributed by atoms with Gasteiger partial charge in [-0.1, -0.05) is 23.7 Å². The van der Waals surface area contributed by atoms with Gasteiger partial charge in [-0.2, -0.15) is 5.10 Å². The first-order valence-corrected chi connectivity index (χ1v) is 5.66. The zero-order chi connectivity index (χ0) is 12.8. The largest absolute Gasteiger partial charge is 0.382 e. The number of aromatic nitrogens is 1. The Bertz CT molecular complexity index is 561. The van der Waals surface area contributed by atoms with Gasteiger partial charge in [-0.25, -0.2) is 0 Å². The van der Waals surface area contributed by atoms with Crippen molar-refractivity contribution >= 4 is 23.7 Å². The Morgan fingerprint density at radius 2 is 1.78 bits per heavy atom. The zero-order valence-corrected chi connectivity index (χ0v) is 10.2. The van der Waals surface area contributed by atoms with Crippen LogP contribution in [-0.2, 0) is 0 Å². The van der Waals surface area contributed by atoms with Crippen LogP contribution in [0.1, 0.15) is 11.1 Å². The van der Waals surface area contributed by atoms with Gasteiger partial charge in [0.1, 0.15) is 0 Å². The highest BCUT2D eigenvalue weighted by Gasteiger charge is 1.95. The maximum Gasteiger partial charge on any atom is 0.153 e. The second kappa shape index (κ2) is 5.93. The molecule has 0 aliphatic carbocycles. The van der Waals surface area contributed by atoms with Gasteiger partial charge in [0, 0.05) is 23.0 Å². The number of pyridine rings is 1. The Morgan fingerprint density at radius 1 is 1.11 bits per heavy atom. The molecule has 1 aromatic carbocycles. The van der Waals surface area contributed by atoms with Crippen LogP contribution in [0.25, 0.3) is 0 Å². The summed E-state index contributed by atoms with van der Waals surface area (Å²) in [5.41, 5.74) is 7.47. The highest BCUT2D eigenvalue weighted by Crippen LogP contribution is 2.07. The van der Waals surface area contributed by atoms with Crippen LogP contribution in [0.4, 0.5) is 0 Å². The molecule has 0 bridgehead atoms. The van der Waals surface area contributed by atoms with Gasteiger partial charge >= 0.3 is 0 Å². The number of halogens is 1. The molecule has 0 aliphatic rings. The molecule has 1 aromatic heterocycles. The van der Waals surface area contributed by atoms with Crippen molar-refractivity contribution in [3.63, 3.8) is 0 Å². The van der Waals surface area contributed by atoms with Crippen molar-refractivity contribution in [2.45, 2.75) is 0 Å². The molecule has 0 radical (unpaired) electrons. The third-order valence-electron chi connectivity index (χ3n) is 2.22. The quantitative estimate of drug-likeness (QED) is 0.522. The van der Waals surface area contributed by atoms with Gasteiger partial charge in [-0.3, -0.25) is 4.98 Å². The van der Waals surface area contributed by atoms with E-state index in [9.17, 15) is 0 Å². The summed E-state index contributed by atoms with van der Waals surface area (Å²) in [7, 11) is 0. The minimum atomic E-state index is 0.350. The van der Waals surface area contributed by atoms with E-state index in [1.165, 1.54) is 0 Å². The summed E-state index contributed by atoms with van der Waals surface area (Å²) in [6, 6.07) is 10.8. The molecule has 4 nitrogen and oxygen atoms in total. The smallest absolute Gasteiger partial charge is 0.153 e. The van der Waals surface area contributed by atoms with Crippen molar-refractivity contribution < 1.29 is 0 Å². The number of nitrogens with two attached hydrogens (primary N) is 1. The molecule has 1 heterocycles. The van der Waals surface area contributed by atoms with Crippen LogP contribution in [0.2, 0.25) is 5.02 Å². The monoisotopic (exact) mass is 258 g/mol. The van der Waals surface area contributed by atoms with Gasteiger partial charge in [0.15, 0.2) is 5.84 Å². The molecule has 5 heteroatoms. The van der Waals surface area contributed by atoms with Crippen molar-refractivity contribution in [3.05, 3.63) is 64.9 Å². The molecule has 2 N–H and O–H groups in total. The van der Waals surface area contributed by atoms with Gasteiger partial charge in [0.05, 0.1) is 6.21 Å². The fourth-order valence-electron chi connectivity index (χ4n) is 1.29. The molecule has 90 valence electrons.